The molecule has 1 amide bonds. The van der Waals surface area contributed by atoms with Gasteiger partial charge in [-0.3, -0.25) is 4.79 Å². The van der Waals surface area contributed by atoms with Gasteiger partial charge in [0, 0.05) is 13.0 Å². The Morgan fingerprint density at radius 1 is 1.47 bits per heavy atom. The van der Waals surface area contributed by atoms with Crippen LogP contribution in [0.25, 0.3) is 0 Å². The molecule has 2 rings (SSSR count). The molecule has 19 heavy (non-hydrogen) atoms. The molecule has 0 aliphatic carbocycles. The fourth-order valence-electron chi connectivity index (χ4n) is 1.48. The first-order valence-electron chi connectivity index (χ1n) is 5.37. The Morgan fingerprint density at radius 3 is 2.89 bits per heavy atom. The number of nitrogens with zero attached hydrogens (tertiary/aromatic N) is 2. The number of nitrogens with two attached hydrogens (primary N) is 1. The normalized spacial score (nSPS) is 10.4. The highest BCUT2D eigenvalue weighted by Crippen LogP contribution is 2.16. The molecule has 8 heteroatoms. The minimum Gasteiger partial charge on any atom is -0.454 e. The number of carbonyl (C=O) groups is 1. The molecule has 0 unspecified atom stereocenters. The van der Waals surface area contributed by atoms with Crippen molar-refractivity contribution in [2.24, 2.45) is 5.73 Å². The maximum atomic E-state index is 11.2. The first kappa shape index (κ1) is 13.8. The van der Waals surface area contributed by atoms with Gasteiger partial charge in [0.15, 0.2) is 15.6 Å². The highest BCUT2D eigenvalue weighted by Gasteiger charge is 2.11. The van der Waals surface area contributed by atoms with Crippen molar-refractivity contribution < 1.29 is 9.21 Å². The number of anilines is 1. The molecule has 0 spiro atoms. The second-order valence-corrected chi connectivity index (χ2v) is 4.85. The molecule has 0 saturated carbocycles. The molecule has 0 bridgehead atoms. The first-order valence-corrected chi connectivity index (χ1v) is 6.54. The largest absolute Gasteiger partial charge is 0.454 e. The van der Waals surface area contributed by atoms with Crippen LogP contribution >= 0.6 is 27.5 Å². The second kappa shape index (κ2) is 6.03. The van der Waals surface area contributed by atoms with Gasteiger partial charge in [-0.15, -0.1) is 10.2 Å². The van der Waals surface area contributed by atoms with Gasteiger partial charge < -0.3 is 15.5 Å². The Kier molecular flexibility index (Phi) is 4.39. The molecule has 0 saturated heterocycles. The fourth-order valence-corrected chi connectivity index (χ4v) is 1.96. The molecule has 2 aromatic rings. The lowest BCUT2D eigenvalue weighted by Gasteiger charge is -2.07. The lowest BCUT2D eigenvalue weighted by atomic mass is 10.2. The standard InChI is InChI=1S/C11H10BrClN4O2/c12-8-2-1-6(19-8)3-4-15-11-7(10(14)18)5-9(13)16-17-11/h1-2,5H,3-4H2,(H2,14,18)(H,15,17). The van der Waals surface area contributed by atoms with Crippen molar-refractivity contribution in [3.05, 3.63) is 39.3 Å². The SMILES string of the molecule is NC(=O)c1cc(Cl)nnc1NCCc1ccc(Br)o1. The van der Waals surface area contributed by atoms with E-state index >= 15 is 0 Å². The minimum absolute atomic E-state index is 0.120. The van der Waals surface area contributed by atoms with Gasteiger partial charge in [0.05, 0.1) is 5.56 Å². The molecule has 100 valence electrons. The molecule has 2 heterocycles. The van der Waals surface area contributed by atoms with E-state index < -0.39 is 5.91 Å². The van der Waals surface area contributed by atoms with Crippen molar-refractivity contribution >= 4 is 39.3 Å². The molecular weight excluding hydrogens is 336 g/mol. The van der Waals surface area contributed by atoms with Crippen molar-refractivity contribution in [2.45, 2.75) is 6.42 Å². The monoisotopic (exact) mass is 344 g/mol. The Bertz CT molecular complexity index is 602. The van der Waals surface area contributed by atoms with E-state index in [0.717, 1.165) is 5.76 Å². The van der Waals surface area contributed by atoms with Gasteiger partial charge in [-0.25, -0.2) is 0 Å². The molecule has 0 aliphatic rings. The van der Waals surface area contributed by atoms with Gasteiger partial charge in [0.1, 0.15) is 5.76 Å². The van der Waals surface area contributed by atoms with E-state index in [0.29, 0.717) is 23.5 Å². The highest BCUT2D eigenvalue weighted by atomic mass is 79.9. The van der Waals surface area contributed by atoms with Crippen LogP contribution in [0.4, 0.5) is 5.82 Å². The number of rotatable bonds is 5. The summed E-state index contributed by atoms with van der Waals surface area (Å²) < 4.78 is 6.02. The zero-order valence-corrected chi connectivity index (χ0v) is 12.0. The third-order valence-electron chi connectivity index (χ3n) is 2.32. The summed E-state index contributed by atoms with van der Waals surface area (Å²) in [6.07, 6.45) is 0.633. The molecule has 0 radical (unpaired) electrons. The zero-order valence-electron chi connectivity index (χ0n) is 9.69. The van der Waals surface area contributed by atoms with Gasteiger partial charge >= 0.3 is 0 Å². The Balaban J connectivity index is 2.01. The maximum absolute atomic E-state index is 11.2. The number of aromatic nitrogens is 2. The topological polar surface area (TPSA) is 94.0 Å². The Hall–Kier alpha value is -1.60. The number of primary amides is 1. The van der Waals surface area contributed by atoms with Crippen molar-refractivity contribution in [3.63, 3.8) is 0 Å². The van der Waals surface area contributed by atoms with Crippen molar-refractivity contribution in [1.82, 2.24) is 10.2 Å². The van der Waals surface area contributed by atoms with E-state index in [9.17, 15) is 4.79 Å². The van der Waals surface area contributed by atoms with Crippen LogP contribution in [0.5, 0.6) is 0 Å². The van der Waals surface area contributed by atoms with Crippen LogP contribution < -0.4 is 11.1 Å². The van der Waals surface area contributed by atoms with E-state index in [1.54, 1.807) is 0 Å². The summed E-state index contributed by atoms with van der Waals surface area (Å²) in [4.78, 5) is 11.2. The molecule has 0 aliphatic heterocycles. The molecule has 6 nitrogen and oxygen atoms in total. The molecule has 0 fully saturated rings. The van der Waals surface area contributed by atoms with E-state index in [4.69, 9.17) is 21.8 Å². The lowest BCUT2D eigenvalue weighted by Crippen LogP contribution is -2.17. The Labute approximate surface area is 122 Å². The predicted molar refractivity (Wildman–Crippen MR) is 74.2 cm³/mol. The van der Waals surface area contributed by atoms with Crippen molar-refractivity contribution in [3.8, 4) is 0 Å². The van der Waals surface area contributed by atoms with Gasteiger partial charge in [0.2, 0.25) is 0 Å². The Morgan fingerprint density at radius 2 is 2.26 bits per heavy atom. The van der Waals surface area contributed by atoms with Crippen molar-refractivity contribution in [1.29, 1.82) is 0 Å². The summed E-state index contributed by atoms with van der Waals surface area (Å²) in [5.74, 6) is 0.504. The van der Waals surface area contributed by atoms with E-state index in [2.05, 4.69) is 31.4 Å². The quantitative estimate of drug-likeness (QED) is 0.866. The summed E-state index contributed by atoms with van der Waals surface area (Å²) in [5, 5.41) is 10.6. The number of nitrogens with one attached hydrogen (secondary N) is 1. The van der Waals surface area contributed by atoms with Crippen LogP contribution in [0, 0.1) is 0 Å². The third-order valence-corrected chi connectivity index (χ3v) is 2.93. The molecular formula is C11H10BrClN4O2. The summed E-state index contributed by atoms with van der Waals surface area (Å²) in [7, 11) is 0. The number of carbonyl (C=O) groups excluding carboxylic acids is 1. The van der Waals surface area contributed by atoms with Gasteiger partial charge in [0.25, 0.3) is 5.91 Å². The van der Waals surface area contributed by atoms with E-state index in [1.165, 1.54) is 6.07 Å². The van der Waals surface area contributed by atoms with Gasteiger partial charge in [-0.2, -0.15) is 0 Å². The lowest BCUT2D eigenvalue weighted by molar-refractivity contribution is 0.100. The van der Waals surface area contributed by atoms with Crippen LogP contribution in [-0.4, -0.2) is 22.6 Å². The summed E-state index contributed by atoms with van der Waals surface area (Å²) in [5.41, 5.74) is 5.45. The maximum Gasteiger partial charge on any atom is 0.252 e. The smallest absolute Gasteiger partial charge is 0.252 e. The molecule has 0 atom stereocenters. The molecule has 2 aromatic heterocycles. The molecule has 3 N–H and O–H groups in total. The van der Waals surface area contributed by atoms with Crippen LogP contribution in [-0.2, 0) is 6.42 Å². The first-order chi connectivity index (χ1) is 9.06. The third kappa shape index (κ3) is 3.68. The number of hydrogen-bond donors (Lipinski definition) is 2. The number of halogens is 2. The molecule has 0 aromatic carbocycles. The summed E-state index contributed by atoms with van der Waals surface area (Å²) in [6, 6.07) is 5.04. The number of furan rings is 1. The van der Waals surface area contributed by atoms with Crippen LogP contribution in [0.15, 0.2) is 27.3 Å². The zero-order chi connectivity index (χ0) is 13.8. The highest BCUT2D eigenvalue weighted by molar-refractivity contribution is 9.10. The second-order valence-electron chi connectivity index (χ2n) is 3.68. The van der Waals surface area contributed by atoms with E-state index in [-0.39, 0.29) is 10.7 Å². The van der Waals surface area contributed by atoms with E-state index in [1.807, 2.05) is 12.1 Å². The van der Waals surface area contributed by atoms with Crippen LogP contribution in [0.1, 0.15) is 16.1 Å². The summed E-state index contributed by atoms with van der Waals surface area (Å²) >= 11 is 8.89. The number of hydrogen-bond acceptors (Lipinski definition) is 5. The van der Waals surface area contributed by atoms with Gasteiger partial charge in [-0.1, -0.05) is 11.6 Å². The predicted octanol–water partition coefficient (Wildman–Crippen LogP) is 2.24. The van der Waals surface area contributed by atoms with Gasteiger partial charge in [-0.05, 0) is 34.1 Å². The number of amides is 1. The summed E-state index contributed by atoms with van der Waals surface area (Å²) in [6.45, 7) is 0.524. The average molecular weight is 346 g/mol. The fraction of sp³-hybridized carbons (Fsp3) is 0.182. The van der Waals surface area contributed by atoms with Crippen LogP contribution in [0.3, 0.4) is 0 Å². The van der Waals surface area contributed by atoms with Crippen molar-refractivity contribution in [2.75, 3.05) is 11.9 Å². The minimum atomic E-state index is -0.611. The average Bonchev–Trinajstić information content (AvgIpc) is 2.77. The van der Waals surface area contributed by atoms with Crippen LogP contribution in [0.2, 0.25) is 5.15 Å².